The van der Waals surface area contributed by atoms with E-state index in [9.17, 15) is 26.3 Å². The third-order valence-electron chi connectivity index (χ3n) is 2.87. The van der Waals surface area contributed by atoms with Crippen molar-refractivity contribution in [1.29, 1.82) is 0 Å². The molecule has 1 aromatic carbocycles. The number of hydrogen-bond acceptors (Lipinski definition) is 3. The van der Waals surface area contributed by atoms with Crippen LogP contribution in [0, 0.1) is 6.92 Å². The van der Waals surface area contributed by atoms with Crippen molar-refractivity contribution >= 4 is 23.5 Å². The van der Waals surface area contributed by atoms with Gasteiger partial charge in [-0.25, -0.2) is 0 Å². The molecule has 1 nitrogen and oxygen atoms in total. The Balaban J connectivity index is 2.30. The van der Waals surface area contributed by atoms with Gasteiger partial charge in [-0.1, -0.05) is 17.8 Å². The summed E-state index contributed by atoms with van der Waals surface area (Å²) in [6, 6.07) is 4.92. The van der Waals surface area contributed by atoms with E-state index in [4.69, 9.17) is 4.74 Å². The Morgan fingerprint density at radius 3 is 2.33 bits per heavy atom. The summed E-state index contributed by atoms with van der Waals surface area (Å²) in [5, 5.41) is 0. The van der Waals surface area contributed by atoms with E-state index in [0.29, 0.717) is 48.3 Å². The van der Waals surface area contributed by atoms with E-state index in [1.54, 1.807) is 25.1 Å². The van der Waals surface area contributed by atoms with E-state index in [2.05, 4.69) is 0 Å². The predicted molar refractivity (Wildman–Crippen MR) is 85.8 cm³/mol. The molecule has 0 aliphatic heterocycles. The van der Waals surface area contributed by atoms with Gasteiger partial charge in [0.15, 0.2) is 0 Å². The Morgan fingerprint density at radius 2 is 1.71 bits per heavy atom. The van der Waals surface area contributed by atoms with E-state index >= 15 is 0 Å². The molecule has 0 aromatic heterocycles. The van der Waals surface area contributed by atoms with Crippen LogP contribution in [-0.4, -0.2) is 29.8 Å². The van der Waals surface area contributed by atoms with Gasteiger partial charge in [0.25, 0.3) is 0 Å². The van der Waals surface area contributed by atoms with Gasteiger partial charge in [0.2, 0.25) is 0 Å². The van der Waals surface area contributed by atoms with Crippen molar-refractivity contribution in [2.45, 2.75) is 42.8 Å². The lowest BCUT2D eigenvalue weighted by Gasteiger charge is -2.11. The van der Waals surface area contributed by atoms with Gasteiger partial charge in [-0.15, -0.1) is 11.8 Å². The molecule has 0 aliphatic rings. The molecule has 1 rings (SSSR count). The standard InChI is InChI=1S/C15H18F6OS2/c1-11-5-6-12(9-13(11)23-10-14(16,17)18)22-7-3-2-4-8-24-15(19,20)21/h5-6,9H,2-4,7-8,10H2,1H3. The molecule has 0 amide bonds. The Bertz CT molecular complexity index is 502. The molecule has 0 atom stereocenters. The molecule has 0 unspecified atom stereocenters. The first-order valence-corrected chi connectivity index (χ1v) is 9.18. The third kappa shape index (κ3) is 10.2. The highest BCUT2D eigenvalue weighted by Gasteiger charge is 2.28. The number of ether oxygens (including phenoxy) is 1. The van der Waals surface area contributed by atoms with Gasteiger partial charge in [0.05, 0.1) is 12.4 Å². The van der Waals surface area contributed by atoms with Crippen molar-refractivity contribution in [3.63, 3.8) is 0 Å². The molecule has 0 spiro atoms. The molecule has 0 heterocycles. The van der Waals surface area contributed by atoms with Gasteiger partial charge < -0.3 is 4.74 Å². The lowest BCUT2D eigenvalue weighted by atomic mass is 10.2. The molecule has 0 bridgehead atoms. The average molecular weight is 392 g/mol. The lowest BCUT2D eigenvalue weighted by Crippen LogP contribution is -2.10. The lowest BCUT2D eigenvalue weighted by molar-refractivity contribution is -0.105. The van der Waals surface area contributed by atoms with Crippen molar-refractivity contribution in [1.82, 2.24) is 0 Å². The van der Waals surface area contributed by atoms with E-state index in [-0.39, 0.29) is 17.5 Å². The normalized spacial score (nSPS) is 12.5. The SMILES string of the molecule is Cc1ccc(OCCCCCSC(F)(F)F)cc1SCC(F)(F)F. The molecule has 0 fully saturated rings. The predicted octanol–water partition coefficient (Wildman–Crippen LogP) is 6.45. The summed E-state index contributed by atoms with van der Waals surface area (Å²) in [4.78, 5) is 0.506. The van der Waals surface area contributed by atoms with Crippen molar-refractivity contribution in [2.24, 2.45) is 0 Å². The summed E-state index contributed by atoms with van der Waals surface area (Å²) in [6.45, 7) is 2.05. The molecule has 1 aromatic rings. The smallest absolute Gasteiger partial charge is 0.441 e. The Labute approximate surface area is 145 Å². The van der Waals surface area contributed by atoms with Crippen LogP contribution < -0.4 is 4.74 Å². The summed E-state index contributed by atoms with van der Waals surface area (Å²) >= 11 is 0.670. The van der Waals surface area contributed by atoms with Crippen LogP contribution in [0.5, 0.6) is 5.75 Å². The van der Waals surface area contributed by atoms with E-state index in [1.807, 2.05) is 0 Å². The van der Waals surface area contributed by atoms with Crippen molar-refractivity contribution < 1.29 is 31.1 Å². The fourth-order valence-electron chi connectivity index (χ4n) is 1.74. The summed E-state index contributed by atoms with van der Waals surface area (Å²) in [6.07, 6.45) is -2.60. The first kappa shape index (κ1) is 21.3. The zero-order valence-corrected chi connectivity index (χ0v) is 14.6. The molecule has 0 N–H and O–H groups in total. The molecule has 0 aliphatic carbocycles. The van der Waals surface area contributed by atoms with E-state index < -0.39 is 17.4 Å². The number of hydrogen-bond donors (Lipinski definition) is 0. The van der Waals surface area contributed by atoms with Crippen LogP contribution in [-0.2, 0) is 0 Å². The number of benzene rings is 1. The summed E-state index contributed by atoms with van der Waals surface area (Å²) < 4.78 is 78.1. The second-order valence-corrected chi connectivity index (χ2v) is 7.21. The van der Waals surface area contributed by atoms with Crippen LogP contribution in [0.4, 0.5) is 26.3 Å². The third-order valence-corrected chi connectivity index (χ3v) is 4.92. The van der Waals surface area contributed by atoms with Crippen LogP contribution in [0.1, 0.15) is 24.8 Å². The fraction of sp³-hybridized carbons (Fsp3) is 0.600. The number of thioether (sulfide) groups is 2. The monoisotopic (exact) mass is 392 g/mol. The van der Waals surface area contributed by atoms with Crippen LogP contribution in [0.2, 0.25) is 0 Å². The van der Waals surface area contributed by atoms with Gasteiger partial charge >= 0.3 is 11.7 Å². The topological polar surface area (TPSA) is 9.23 Å². The van der Waals surface area contributed by atoms with E-state index in [0.717, 1.165) is 5.56 Å². The van der Waals surface area contributed by atoms with Gasteiger partial charge in [0.1, 0.15) is 5.75 Å². The van der Waals surface area contributed by atoms with Gasteiger partial charge in [-0.05, 0) is 43.9 Å². The Hall–Kier alpha value is -0.700. The van der Waals surface area contributed by atoms with Crippen LogP contribution >= 0.6 is 23.5 Å². The summed E-state index contributed by atoms with van der Waals surface area (Å²) in [5.41, 5.74) is -3.45. The maximum absolute atomic E-state index is 12.3. The number of halogens is 6. The molecule has 0 saturated carbocycles. The number of alkyl halides is 6. The fourth-order valence-corrected chi connectivity index (χ4v) is 3.14. The molecule has 0 radical (unpaired) electrons. The maximum atomic E-state index is 12.3. The maximum Gasteiger partial charge on any atom is 0.441 e. The molecule has 138 valence electrons. The first-order valence-electron chi connectivity index (χ1n) is 7.20. The summed E-state index contributed by atoms with van der Waals surface area (Å²) in [7, 11) is 0. The van der Waals surface area contributed by atoms with Crippen LogP contribution in [0.15, 0.2) is 23.1 Å². The first-order chi connectivity index (χ1) is 11.1. The number of aryl methyl sites for hydroxylation is 1. The van der Waals surface area contributed by atoms with Crippen molar-refractivity contribution in [2.75, 3.05) is 18.1 Å². The highest BCUT2D eigenvalue weighted by Crippen LogP contribution is 2.32. The minimum atomic E-state index is -4.23. The molecule has 0 saturated heterocycles. The van der Waals surface area contributed by atoms with E-state index in [1.165, 1.54) is 0 Å². The molecular formula is C15H18F6OS2. The number of unbranched alkanes of at least 4 members (excludes halogenated alkanes) is 2. The largest absolute Gasteiger partial charge is 0.494 e. The number of rotatable bonds is 9. The second kappa shape index (κ2) is 9.70. The van der Waals surface area contributed by atoms with Crippen molar-refractivity contribution in [3.8, 4) is 5.75 Å². The van der Waals surface area contributed by atoms with Crippen LogP contribution in [0.25, 0.3) is 0 Å². The average Bonchev–Trinajstić information content (AvgIpc) is 2.44. The quantitative estimate of drug-likeness (QED) is 0.271. The zero-order chi connectivity index (χ0) is 18.2. The minimum absolute atomic E-state index is 0.0201. The second-order valence-electron chi connectivity index (χ2n) is 5.03. The van der Waals surface area contributed by atoms with Gasteiger partial charge in [-0.3, -0.25) is 0 Å². The van der Waals surface area contributed by atoms with Gasteiger partial charge in [0, 0.05) is 10.6 Å². The Kier molecular flexibility index (Phi) is 8.62. The van der Waals surface area contributed by atoms with Crippen LogP contribution in [0.3, 0.4) is 0 Å². The minimum Gasteiger partial charge on any atom is -0.494 e. The molecular weight excluding hydrogens is 374 g/mol. The highest BCUT2D eigenvalue weighted by atomic mass is 32.2. The Morgan fingerprint density at radius 1 is 1.00 bits per heavy atom. The van der Waals surface area contributed by atoms with Crippen molar-refractivity contribution in [3.05, 3.63) is 23.8 Å². The van der Waals surface area contributed by atoms with Gasteiger partial charge in [-0.2, -0.15) is 26.3 Å². The summed E-state index contributed by atoms with van der Waals surface area (Å²) in [5.74, 6) is -0.476. The molecule has 24 heavy (non-hydrogen) atoms. The zero-order valence-electron chi connectivity index (χ0n) is 13.0. The highest BCUT2D eigenvalue weighted by molar-refractivity contribution is 8.00. The molecule has 9 heteroatoms.